The van der Waals surface area contributed by atoms with Crippen LogP contribution in [-0.4, -0.2) is 11.4 Å². The molecule has 0 aliphatic rings. The number of nitrogens with one attached hydrogen (secondary N) is 1. The molecule has 0 aliphatic heterocycles. The second kappa shape index (κ2) is 5.17. The van der Waals surface area contributed by atoms with Crippen LogP contribution in [-0.2, 0) is 4.79 Å². The van der Waals surface area contributed by atoms with Crippen LogP contribution in [0.1, 0.15) is 26.3 Å². The fourth-order valence-corrected chi connectivity index (χ4v) is 1.33. The van der Waals surface area contributed by atoms with Gasteiger partial charge in [0.25, 0.3) is 5.91 Å². The number of rotatable bonds is 2. The Morgan fingerprint density at radius 3 is 2.31 bits per heavy atom. The minimum atomic E-state index is -0.276. The van der Waals surface area contributed by atoms with Crippen LogP contribution in [0.2, 0.25) is 0 Å². The van der Waals surface area contributed by atoms with Gasteiger partial charge in [-0.15, -0.1) is 0 Å². The first-order valence-corrected chi connectivity index (χ1v) is 5.51. The van der Waals surface area contributed by atoms with Gasteiger partial charge in [0.2, 0.25) is 0 Å². The van der Waals surface area contributed by atoms with Crippen molar-refractivity contribution in [1.82, 2.24) is 5.32 Å². The lowest BCUT2D eigenvalue weighted by atomic mass is 10.1. The van der Waals surface area contributed by atoms with Crippen LogP contribution in [0.5, 0.6) is 0 Å². The molecule has 0 spiro atoms. The summed E-state index contributed by atoms with van der Waals surface area (Å²) >= 11 is 5.92. The SMILES string of the molecule is CC(C)(C)NC(=O)C(Cl)=Cc1ccccc1. The highest BCUT2D eigenvalue weighted by molar-refractivity contribution is 6.44. The molecule has 0 saturated heterocycles. The van der Waals surface area contributed by atoms with Gasteiger partial charge in [-0.1, -0.05) is 41.9 Å². The number of hydrogen-bond acceptors (Lipinski definition) is 1. The fourth-order valence-electron chi connectivity index (χ4n) is 1.16. The molecule has 2 nitrogen and oxygen atoms in total. The maximum absolute atomic E-state index is 11.7. The predicted octanol–water partition coefficient (Wildman–Crippen LogP) is 3.18. The summed E-state index contributed by atoms with van der Waals surface area (Å²) in [5, 5.41) is 3.00. The van der Waals surface area contributed by atoms with Gasteiger partial charge >= 0.3 is 0 Å². The summed E-state index contributed by atoms with van der Waals surface area (Å²) in [5.74, 6) is -0.252. The van der Waals surface area contributed by atoms with Gasteiger partial charge in [-0.05, 0) is 32.4 Å². The van der Waals surface area contributed by atoms with E-state index in [2.05, 4.69) is 5.32 Å². The summed E-state index contributed by atoms with van der Waals surface area (Å²) < 4.78 is 0. The van der Waals surface area contributed by atoms with Gasteiger partial charge in [-0.3, -0.25) is 4.79 Å². The smallest absolute Gasteiger partial charge is 0.263 e. The topological polar surface area (TPSA) is 29.1 Å². The molecule has 0 atom stereocenters. The van der Waals surface area contributed by atoms with Gasteiger partial charge in [0.1, 0.15) is 5.03 Å². The van der Waals surface area contributed by atoms with E-state index in [4.69, 9.17) is 11.6 Å². The lowest BCUT2D eigenvalue weighted by molar-refractivity contribution is -0.118. The molecule has 0 unspecified atom stereocenters. The van der Waals surface area contributed by atoms with Gasteiger partial charge in [-0.2, -0.15) is 0 Å². The van der Waals surface area contributed by atoms with Crippen molar-refractivity contribution in [3.8, 4) is 0 Å². The molecule has 0 aromatic heterocycles. The van der Waals surface area contributed by atoms with Crippen molar-refractivity contribution in [2.75, 3.05) is 0 Å². The van der Waals surface area contributed by atoms with Gasteiger partial charge < -0.3 is 5.32 Å². The largest absolute Gasteiger partial charge is 0.347 e. The van der Waals surface area contributed by atoms with Crippen LogP contribution in [0, 0.1) is 0 Å². The van der Waals surface area contributed by atoms with Crippen LogP contribution in [0.15, 0.2) is 35.4 Å². The van der Waals surface area contributed by atoms with Crippen molar-refractivity contribution in [2.45, 2.75) is 26.3 Å². The van der Waals surface area contributed by atoms with Crippen molar-refractivity contribution in [3.05, 3.63) is 40.9 Å². The van der Waals surface area contributed by atoms with Crippen molar-refractivity contribution in [3.63, 3.8) is 0 Å². The Balaban J connectivity index is 2.75. The maximum Gasteiger partial charge on any atom is 0.263 e. The lowest BCUT2D eigenvalue weighted by Gasteiger charge is -2.20. The first-order chi connectivity index (χ1) is 7.38. The zero-order valence-corrected chi connectivity index (χ0v) is 10.5. The third-order valence-corrected chi connectivity index (χ3v) is 2.08. The number of carbonyl (C=O) groups excluding carboxylic acids is 1. The molecule has 16 heavy (non-hydrogen) atoms. The standard InChI is InChI=1S/C13H16ClNO/c1-13(2,3)15-12(16)11(14)9-10-7-5-4-6-8-10/h4-9H,1-3H3,(H,15,16). The monoisotopic (exact) mass is 237 g/mol. The number of benzene rings is 1. The van der Waals surface area contributed by atoms with Crippen LogP contribution in [0.3, 0.4) is 0 Å². The molecular weight excluding hydrogens is 222 g/mol. The van der Waals surface area contributed by atoms with Gasteiger partial charge in [0.05, 0.1) is 0 Å². The Labute approximate surface area is 101 Å². The molecule has 0 aliphatic carbocycles. The van der Waals surface area contributed by atoms with Gasteiger partial charge in [0, 0.05) is 5.54 Å². The zero-order valence-electron chi connectivity index (χ0n) is 9.75. The summed E-state index contributed by atoms with van der Waals surface area (Å²) in [6.07, 6.45) is 1.66. The van der Waals surface area contributed by atoms with Gasteiger partial charge in [-0.25, -0.2) is 0 Å². The van der Waals surface area contributed by atoms with E-state index in [9.17, 15) is 4.79 Å². The molecule has 1 N–H and O–H groups in total. The number of halogens is 1. The molecule has 1 aromatic carbocycles. The summed E-state index contributed by atoms with van der Waals surface area (Å²) in [7, 11) is 0. The minimum Gasteiger partial charge on any atom is -0.347 e. The predicted molar refractivity (Wildman–Crippen MR) is 68.2 cm³/mol. The van der Waals surface area contributed by atoms with E-state index in [0.717, 1.165) is 5.56 Å². The summed E-state index contributed by atoms with van der Waals surface area (Å²) in [5.41, 5.74) is 0.637. The van der Waals surface area contributed by atoms with Crippen molar-refractivity contribution in [1.29, 1.82) is 0 Å². The zero-order chi connectivity index (χ0) is 12.2. The van der Waals surface area contributed by atoms with E-state index in [-0.39, 0.29) is 16.5 Å². The quantitative estimate of drug-likeness (QED) is 0.787. The third-order valence-electron chi connectivity index (χ3n) is 1.80. The minimum absolute atomic E-state index is 0.195. The van der Waals surface area contributed by atoms with Gasteiger partial charge in [0.15, 0.2) is 0 Å². The molecule has 86 valence electrons. The molecule has 3 heteroatoms. The highest BCUT2D eigenvalue weighted by atomic mass is 35.5. The van der Waals surface area contributed by atoms with E-state index in [1.165, 1.54) is 0 Å². The number of amides is 1. The lowest BCUT2D eigenvalue weighted by Crippen LogP contribution is -2.40. The Kier molecular flexibility index (Phi) is 4.13. The van der Waals surface area contributed by atoms with Crippen LogP contribution in [0.25, 0.3) is 6.08 Å². The first-order valence-electron chi connectivity index (χ1n) is 5.13. The fraction of sp³-hybridized carbons (Fsp3) is 0.308. The van der Waals surface area contributed by atoms with Crippen LogP contribution >= 0.6 is 11.6 Å². The maximum atomic E-state index is 11.7. The number of hydrogen-bond donors (Lipinski definition) is 1. The molecular formula is C13H16ClNO. The Hall–Kier alpha value is -1.28. The first kappa shape index (κ1) is 12.8. The Morgan fingerprint density at radius 2 is 1.81 bits per heavy atom. The average molecular weight is 238 g/mol. The highest BCUT2D eigenvalue weighted by Gasteiger charge is 2.15. The van der Waals surface area contributed by atoms with Crippen molar-refractivity contribution in [2.24, 2.45) is 0 Å². The second-order valence-electron chi connectivity index (χ2n) is 4.61. The molecule has 1 amide bonds. The summed E-state index contributed by atoms with van der Waals surface area (Å²) in [6.45, 7) is 5.74. The van der Waals surface area contributed by atoms with Crippen molar-refractivity contribution < 1.29 is 4.79 Å². The highest BCUT2D eigenvalue weighted by Crippen LogP contribution is 2.11. The van der Waals surface area contributed by atoms with E-state index >= 15 is 0 Å². The van der Waals surface area contributed by atoms with E-state index in [0.29, 0.717) is 0 Å². The molecule has 0 fully saturated rings. The molecule has 0 bridgehead atoms. The average Bonchev–Trinajstić information content (AvgIpc) is 2.16. The van der Waals surface area contributed by atoms with Crippen LogP contribution in [0.4, 0.5) is 0 Å². The van der Waals surface area contributed by atoms with Crippen molar-refractivity contribution >= 4 is 23.6 Å². The molecule has 0 saturated carbocycles. The van der Waals surface area contributed by atoms with E-state index < -0.39 is 0 Å². The second-order valence-corrected chi connectivity index (χ2v) is 5.01. The number of carbonyl (C=O) groups is 1. The van der Waals surface area contributed by atoms with E-state index in [1.54, 1.807) is 6.08 Å². The molecule has 0 heterocycles. The normalized spacial score (nSPS) is 12.4. The van der Waals surface area contributed by atoms with E-state index in [1.807, 2.05) is 51.1 Å². The molecule has 1 aromatic rings. The molecule has 1 rings (SSSR count). The summed E-state index contributed by atoms with van der Waals surface area (Å²) in [6, 6.07) is 9.51. The Bertz CT molecular complexity index is 390. The van der Waals surface area contributed by atoms with Crippen LogP contribution < -0.4 is 5.32 Å². The summed E-state index contributed by atoms with van der Waals surface area (Å²) in [4.78, 5) is 11.7. The third kappa shape index (κ3) is 4.49. The molecule has 0 radical (unpaired) electrons. The Morgan fingerprint density at radius 1 is 1.25 bits per heavy atom.